The fourth-order valence-corrected chi connectivity index (χ4v) is 8.07. The number of hydrogen-bond donors (Lipinski definition) is 3. The summed E-state index contributed by atoms with van der Waals surface area (Å²) in [5.74, 6) is 2.69. The number of hydrogen-bond acceptors (Lipinski definition) is 3. The first-order chi connectivity index (χ1) is 20.6. The quantitative estimate of drug-likeness (QED) is 0.288. The molecule has 6 heteroatoms. The van der Waals surface area contributed by atoms with Gasteiger partial charge in [0, 0.05) is 34.8 Å². The van der Waals surface area contributed by atoms with Crippen LogP contribution < -0.4 is 16.0 Å². The maximum Gasteiger partial charge on any atom is 0.227 e. The summed E-state index contributed by atoms with van der Waals surface area (Å²) in [4.78, 5) is 40.1. The molecule has 44 heavy (non-hydrogen) atoms. The molecule has 6 nitrogen and oxygen atoms in total. The highest BCUT2D eigenvalue weighted by Crippen LogP contribution is 2.42. The maximum atomic E-state index is 13.4. The van der Waals surface area contributed by atoms with Gasteiger partial charge in [0.15, 0.2) is 0 Å². The molecule has 0 saturated heterocycles. The number of anilines is 3. The molecule has 3 aliphatic rings. The fraction of sp³-hybridized carbons (Fsp3) is 0.763. The molecule has 1 aromatic rings. The van der Waals surface area contributed by atoms with E-state index in [9.17, 15) is 14.4 Å². The predicted molar refractivity (Wildman–Crippen MR) is 182 cm³/mol. The summed E-state index contributed by atoms with van der Waals surface area (Å²) in [6.45, 7) is 18.3. The van der Waals surface area contributed by atoms with Gasteiger partial charge in [0.1, 0.15) is 0 Å². The first kappa shape index (κ1) is 34.5. The Kier molecular flexibility index (Phi) is 11.3. The van der Waals surface area contributed by atoms with Crippen LogP contribution >= 0.6 is 0 Å². The molecule has 246 valence electrons. The zero-order valence-corrected chi connectivity index (χ0v) is 29.0. The van der Waals surface area contributed by atoms with Crippen molar-refractivity contribution < 1.29 is 14.4 Å². The summed E-state index contributed by atoms with van der Waals surface area (Å²) in [5.41, 5.74) is 2.41. The van der Waals surface area contributed by atoms with E-state index in [1.54, 1.807) is 0 Å². The highest BCUT2D eigenvalue weighted by Gasteiger charge is 2.34. The van der Waals surface area contributed by atoms with Gasteiger partial charge in [-0.25, -0.2) is 0 Å². The molecule has 0 aromatic heterocycles. The van der Waals surface area contributed by atoms with E-state index in [1.807, 2.05) is 18.2 Å². The van der Waals surface area contributed by atoms with Crippen molar-refractivity contribution in [3.63, 3.8) is 0 Å². The van der Waals surface area contributed by atoms with Crippen molar-refractivity contribution in [2.24, 2.45) is 52.3 Å². The Labute approximate surface area is 267 Å². The third-order valence-corrected chi connectivity index (χ3v) is 11.5. The lowest BCUT2D eigenvalue weighted by Gasteiger charge is -2.36. The molecule has 4 rings (SSSR count). The van der Waals surface area contributed by atoms with Crippen LogP contribution in [0.3, 0.4) is 0 Å². The molecular formula is C38H61N3O3. The second-order valence-corrected chi connectivity index (χ2v) is 17.0. The molecule has 3 saturated carbocycles. The molecule has 0 aliphatic heterocycles. The van der Waals surface area contributed by atoms with Gasteiger partial charge in [0.2, 0.25) is 17.7 Å². The van der Waals surface area contributed by atoms with Crippen molar-refractivity contribution in [3.05, 3.63) is 18.2 Å². The number of carbonyl (C=O) groups excluding carboxylic acids is 3. The smallest absolute Gasteiger partial charge is 0.227 e. The molecule has 1 aromatic carbocycles. The molecule has 3 amide bonds. The van der Waals surface area contributed by atoms with Gasteiger partial charge in [-0.15, -0.1) is 0 Å². The SMILES string of the molecule is CC(C)[C@H]1CC[C@H](C(=O)Nc2cc(NC(=O)[C@H]3CC[C@@H](C(C)(C)C)CC3)cc(NC(=O)[C@H]3CC[C@@H](C(C)(C)C)CC3)c2)CC1. The van der Waals surface area contributed by atoms with Crippen LogP contribution in [-0.4, -0.2) is 17.7 Å². The normalized spacial score (nSPS) is 28.3. The van der Waals surface area contributed by atoms with Gasteiger partial charge in [-0.05, 0) is 130 Å². The van der Waals surface area contributed by atoms with Crippen LogP contribution in [0.1, 0.15) is 132 Å². The standard InChI is InChI=1S/C38H61N3O3/c1-24(2)25-9-11-26(12-10-25)34(42)39-31-21-32(40-35(43)27-13-17-29(18-14-27)37(3,4)5)23-33(22-31)41-36(44)28-15-19-30(20-16-28)38(6,7)8/h21-30H,9-20H2,1-8H3,(H,39,42)(H,40,43)(H,41,44)/t25-,26-,27-,28-,29+,30+. The van der Waals surface area contributed by atoms with E-state index in [0.29, 0.717) is 40.7 Å². The third-order valence-electron chi connectivity index (χ3n) is 11.5. The van der Waals surface area contributed by atoms with Crippen molar-refractivity contribution in [3.8, 4) is 0 Å². The number of nitrogens with one attached hydrogen (secondary N) is 3. The minimum Gasteiger partial charge on any atom is -0.326 e. The molecule has 0 unspecified atom stereocenters. The fourth-order valence-electron chi connectivity index (χ4n) is 8.07. The Morgan fingerprint density at radius 1 is 0.523 bits per heavy atom. The lowest BCUT2D eigenvalue weighted by atomic mass is 9.69. The molecule has 0 spiro atoms. The first-order valence-electron chi connectivity index (χ1n) is 17.7. The van der Waals surface area contributed by atoms with Crippen LogP contribution in [0, 0.1) is 52.3 Å². The van der Waals surface area contributed by atoms with Crippen LogP contribution in [0.15, 0.2) is 18.2 Å². The second kappa shape index (κ2) is 14.4. The molecule has 3 aliphatic carbocycles. The Morgan fingerprint density at radius 2 is 0.795 bits per heavy atom. The summed E-state index contributed by atoms with van der Waals surface area (Å²) in [6, 6.07) is 5.54. The van der Waals surface area contributed by atoms with Crippen LogP contribution in [0.4, 0.5) is 17.1 Å². The number of amides is 3. The van der Waals surface area contributed by atoms with E-state index >= 15 is 0 Å². The molecule has 0 bridgehead atoms. The molecule has 0 atom stereocenters. The second-order valence-electron chi connectivity index (χ2n) is 17.0. The average molecular weight is 608 g/mol. The van der Waals surface area contributed by atoms with Crippen LogP contribution in [0.2, 0.25) is 0 Å². The van der Waals surface area contributed by atoms with Gasteiger partial charge in [-0.2, -0.15) is 0 Å². The highest BCUT2D eigenvalue weighted by molar-refractivity contribution is 5.99. The minimum atomic E-state index is -0.0148. The van der Waals surface area contributed by atoms with Gasteiger partial charge in [0.25, 0.3) is 0 Å². The summed E-state index contributed by atoms with van der Waals surface area (Å²) in [6.07, 6.45) is 11.8. The number of carbonyl (C=O) groups is 3. The molecular weight excluding hydrogens is 546 g/mol. The summed E-state index contributed by atoms with van der Waals surface area (Å²) in [7, 11) is 0. The van der Waals surface area contributed by atoms with Gasteiger partial charge in [-0.3, -0.25) is 14.4 Å². The zero-order chi connectivity index (χ0) is 32.2. The van der Waals surface area contributed by atoms with E-state index in [-0.39, 0.29) is 46.3 Å². The van der Waals surface area contributed by atoms with Crippen molar-refractivity contribution >= 4 is 34.8 Å². The van der Waals surface area contributed by atoms with E-state index < -0.39 is 0 Å². The third kappa shape index (κ3) is 9.33. The highest BCUT2D eigenvalue weighted by atomic mass is 16.2. The van der Waals surface area contributed by atoms with E-state index in [2.05, 4.69) is 71.3 Å². The van der Waals surface area contributed by atoms with Crippen molar-refractivity contribution in [2.45, 2.75) is 132 Å². The van der Waals surface area contributed by atoms with Crippen molar-refractivity contribution in [2.75, 3.05) is 16.0 Å². The molecule has 3 fully saturated rings. The zero-order valence-electron chi connectivity index (χ0n) is 29.0. The lowest BCUT2D eigenvalue weighted by Crippen LogP contribution is -2.32. The Morgan fingerprint density at radius 3 is 1.05 bits per heavy atom. The van der Waals surface area contributed by atoms with Crippen LogP contribution in [0.5, 0.6) is 0 Å². The Balaban J connectivity index is 1.45. The summed E-state index contributed by atoms with van der Waals surface area (Å²) < 4.78 is 0. The molecule has 0 heterocycles. The lowest BCUT2D eigenvalue weighted by molar-refractivity contribution is -0.122. The maximum absolute atomic E-state index is 13.4. The number of benzene rings is 1. The Bertz CT molecular complexity index is 1070. The molecule has 0 radical (unpaired) electrons. The van der Waals surface area contributed by atoms with Gasteiger partial charge in [-0.1, -0.05) is 55.4 Å². The minimum absolute atomic E-state index is 0.00251. The van der Waals surface area contributed by atoms with Crippen molar-refractivity contribution in [1.82, 2.24) is 0 Å². The van der Waals surface area contributed by atoms with E-state index in [4.69, 9.17) is 0 Å². The topological polar surface area (TPSA) is 87.3 Å². The number of rotatable bonds is 7. The van der Waals surface area contributed by atoms with Gasteiger partial charge < -0.3 is 16.0 Å². The largest absolute Gasteiger partial charge is 0.326 e. The molecule has 3 N–H and O–H groups in total. The van der Waals surface area contributed by atoms with Gasteiger partial charge in [0.05, 0.1) is 0 Å². The van der Waals surface area contributed by atoms with E-state index in [0.717, 1.165) is 77.0 Å². The van der Waals surface area contributed by atoms with Crippen LogP contribution in [0.25, 0.3) is 0 Å². The predicted octanol–water partition coefficient (Wildman–Crippen LogP) is 9.67. The van der Waals surface area contributed by atoms with Crippen molar-refractivity contribution in [1.29, 1.82) is 0 Å². The van der Waals surface area contributed by atoms with E-state index in [1.165, 1.54) is 0 Å². The first-order valence-corrected chi connectivity index (χ1v) is 17.7. The average Bonchev–Trinajstić information content (AvgIpc) is 2.96. The summed E-state index contributed by atoms with van der Waals surface area (Å²) >= 11 is 0. The monoisotopic (exact) mass is 607 g/mol. The summed E-state index contributed by atoms with van der Waals surface area (Å²) in [5, 5.41) is 9.45. The van der Waals surface area contributed by atoms with Gasteiger partial charge >= 0.3 is 0 Å². The van der Waals surface area contributed by atoms with Crippen LogP contribution in [-0.2, 0) is 14.4 Å². The Hall–Kier alpha value is -2.37.